The van der Waals surface area contributed by atoms with Crippen molar-refractivity contribution in [3.05, 3.63) is 35.9 Å². The maximum atomic E-state index is 12.0. The number of carbonyl (C=O) groups is 1. The van der Waals surface area contributed by atoms with Crippen LogP contribution in [-0.2, 0) is 4.79 Å². The largest absolute Gasteiger partial charge is 0.354 e. The zero-order valence-corrected chi connectivity index (χ0v) is 11.0. The lowest BCUT2D eigenvalue weighted by Crippen LogP contribution is -2.47. The van der Waals surface area contributed by atoms with Gasteiger partial charge in [-0.1, -0.05) is 43.7 Å². The minimum absolute atomic E-state index is 0.0155. The monoisotopic (exact) mass is 246 g/mol. The van der Waals surface area contributed by atoms with E-state index in [1.807, 2.05) is 18.2 Å². The van der Waals surface area contributed by atoms with Gasteiger partial charge in [0, 0.05) is 6.54 Å². The zero-order chi connectivity index (χ0) is 12.8. The van der Waals surface area contributed by atoms with Crippen LogP contribution in [0.4, 0.5) is 0 Å². The number of amides is 1. The molecule has 1 aromatic carbocycles. The lowest BCUT2D eigenvalue weighted by atomic mass is 10.0. The molecule has 98 valence electrons. The summed E-state index contributed by atoms with van der Waals surface area (Å²) >= 11 is 0. The third kappa shape index (κ3) is 3.57. The third-order valence-corrected chi connectivity index (χ3v) is 3.58. The van der Waals surface area contributed by atoms with Gasteiger partial charge in [0.05, 0.1) is 6.04 Å². The van der Waals surface area contributed by atoms with Crippen LogP contribution in [0, 0.1) is 0 Å². The fourth-order valence-corrected chi connectivity index (χ4v) is 2.35. The van der Waals surface area contributed by atoms with Gasteiger partial charge in [0.2, 0.25) is 5.91 Å². The van der Waals surface area contributed by atoms with Crippen LogP contribution >= 0.6 is 0 Å². The van der Waals surface area contributed by atoms with Crippen LogP contribution in [0.15, 0.2) is 30.3 Å². The topological polar surface area (TPSA) is 41.1 Å². The quantitative estimate of drug-likeness (QED) is 0.853. The molecule has 1 heterocycles. The van der Waals surface area contributed by atoms with Gasteiger partial charge in [-0.3, -0.25) is 4.79 Å². The fraction of sp³-hybridized carbons (Fsp3) is 0.533. The minimum atomic E-state index is 0.0155. The van der Waals surface area contributed by atoms with Crippen molar-refractivity contribution in [3.63, 3.8) is 0 Å². The second-order valence-electron chi connectivity index (χ2n) is 5.06. The third-order valence-electron chi connectivity index (χ3n) is 3.58. The Morgan fingerprint density at radius 2 is 2.17 bits per heavy atom. The van der Waals surface area contributed by atoms with Gasteiger partial charge in [0.15, 0.2) is 0 Å². The van der Waals surface area contributed by atoms with Crippen LogP contribution in [-0.4, -0.2) is 25.0 Å². The van der Waals surface area contributed by atoms with Crippen LogP contribution in [0.5, 0.6) is 0 Å². The van der Waals surface area contributed by atoms with Crippen molar-refractivity contribution < 1.29 is 4.79 Å². The molecular formula is C15H22N2O. The Morgan fingerprint density at radius 3 is 2.83 bits per heavy atom. The highest BCUT2D eigenvalue weighted by Gasteiger charge is 2.20. The zero-order valence-electron chi connectivity index (χ0n) is 11.0. The van der Waals surface area contributed by atoms with Gasteiger partial charge in [0.25, 0.3) is 0 Å². The number of hydrogen-bond donors (Lipinski definition) is 2. The van der Waals surface area contributed by atoms with Crippen LogP contribution < -0.4 is 10.6 Å². The molecule has 0 aromatic heterocycles. The second-order valence-corrected chi connectivity index (χ2v) is 5.06. The van der Waals surface area contributed by atoms with Crippen molar-refractivity contribution in [2.75, 3.05) is 13.1 Å². The fourth-order valence-electron chi connectivity index (χ4n) is 2.35. The van der Waals surface area contributed by atoms with E-state index >= 15 is 0 Å². The lowest BCUT2D eigenvalue weighted by molar-refractivity contribution is -0.123. The van der Waals surface area contributed by atoms with Gasteiger partial charge in [-0.05, 0) is 30.9 Å². The van der Waals surface area contributed by atoms with Gasteiger partial charge < -0.3 is 10.6 Å². The molecule has 3 heteroatoms. The Labute approximate surface area is 109 Å². The predicted octanol–water partition coefficient (Wildman–Crippen LogP) is 2.05. The summed E-state index contributed by atoms with van der Waals surface area (Å²) in [7, 11) is 0. The van der Waals surface area contributed by atoms with Gasteiger partial charge in [-0.25, -0.2) is 0 Å². The average molecular weight is 246 g/mol. The molecule has 0 spiro atoms. The molecule has 1 aromatic rings. The molecule has 2 atom stereocenters. The molecule has 0 saturated carbocycles. The van der Waals surface area contributed by atoms with Gasteiger partial charge in [0.1, 0.15) is 0 Å². The molecule has 18 heavy (non-hydrogen) atoms. The summed E-state index contributed by atoms with van der Waals surface area (Å²) in [4.78, 5) is 12.0. The van der Waals surface area contributed by atoms with E-state index in [9.17, 15) is 4.79 Å². The highest BCUT2D eigenvalue weighted by molar-refractivity contribution is 5.81. The van der Waals surface area contributed by atoms with E-state index in [0.717, 1.165) is 19.4 Å². The molecule has 1 fully saturated rings. The summed E-state index contributed by atoms with van der Waals surface area (Å²) in [5, 5.41) is 6.32. The van der Waals surface area contributed by atoms with Crippen molar-refractivity contribution in [2.45, 2.75) is 38.1 Å². The summed E-state index contributed by atoms with van der Waals surface area (Å²) < 4.78 is 0. The van der Waals surface area contributed by atoms with Crippen molar-refractivity contribution in [1.82, 2.24) is 10.6 Å². The molecule has 0 bridgehead atoms. The van der Waals surface area contributed by atoms with Gasteiger partial charge >= 0.3 is 0 Å². The molecule has 2 N–H and O–H groups in total. The molecule has 1 aliphatic heterocycles. The van der Waals surface area contributed by atoms with E-state index in [2.05, 4.69) is 29.7 Å². The Balaban J connectivity index is 1.78. The summed E-state index contributed by atoms with van der Waals surface area (Å²) in [6, 6.07) is 10.3. The maximum Gasteiger partial charge on any atom is 0.237 e. The van der Waals surface area contributed by atoms with E-state index in [1.165, 1.54) is 12.0 Å². The smallest absolute Gasteiger partial charge is 0.237 e. The van der Waals surface area contributed by atoms with E-state index < -0.39 is 0 Å². The van der Waals surface area contributed by atoms with Crippen LogP contribution in [0.2, 0.25) is 0 Å². The Kier molecular flexibility index (Phi) is 4.76. The SMILES string of the molecule is CC(CNC(=O)C1CCCCN1)c1ccccc1. The van der Waals surface area contributed by atoms with E-state index in [0.29, 0.717) is 12.5 Å². The van der Waals surface area contributed by atoms with Crippen molar-refractivity contribution >= 4 is 5.91 Å². The van der Waals surface area contributed by atoms with Crippen molar-refractivity contribution in [1.29, 1.82) is 0 Å². The van der Waals surface area contributed by atoms with E-state index in [1.54, 1.807) is 0 Å². The first-order chi connectivity index (χ1) is 8.77. The molecule has 1 saturated heterocycles. The minimum Gasteiger partial charge on any atom is -0.354 e. The summed E-state index contributed by atoms with van der Waals surface area (Å²) in [6.45, 7) is 3.82. The summed E-state index contributed by atoms with van der Waals surface area (Å²) in [6.07, 6.45) is 3.30. The lowest BCUT2D eigenvalue weighted by Gasteiger charge is -2.23. The van der Waals surface area contributed by atoms with Crippen molar-refractivity contribution in [2.24, 2.45) is 0 Å². The van der Waals surface area contributed by atoms with Gasteiger partial charge in [-0.15, -0.1) is 0 Å². The highest BCUT2D eigenvalue weighted by atomic mass is 16.2. The molecule has 0 radical (unpaired) electrons. The molecule has 2 rings (SSSR count). The van der Waals surface area contributed by atoms with Crippen LogP contribution in [0.25, 0.3) is 0 Å². The summed E-state index contributed by atoms with van der Waals surface area (Å²) in [5.41, 5.74) is 1.27. The molecule has 3 nitrogen and oxygen atoms in total. The van der Waals surface area contributed by atoms with E-state index in [4.69, 9.17) is 0 Å². The maximum absolute atomic E-state index is 12.0. The number of hydrogen-bond acceptors (Lipinski definition) is 2. The number of carbonyl (C=O) groups excluding carboxylic acids is 1. The average Bonchev–Trinajstić information content (AvgIpc) is 2.46. The predicted molar refractivity (Wildman–Crippen MR) is 73.5 cm³/mol. The number of rotatable bonds is 4. The normalized spacial score (nSPS) is 21.3. The Bertz CT molecular complexity index is 371. The van der Waals surface area contributed by atoms with Crippen LogP contribution in [0.3, 0.4) is 0 Å². The Hall–Kier alpha value is -1.35. The number of piperidine rings is 1. The second kappa shape index (κ2) is 6.55. The highest BCUT2D eigenvalue weighted by Crippen LogP contribution is 2.13. The first-order valence-corrected chi connectivity index (χ1v) is 6.83. The molecule has 0 aliphatic carbocycles. The molecule has 2 unspecified atom stereocenters. The number of nitrogens with one attached hydrogen (secondary N) is 2. The number of benzene rings is 1. The Morgan fingerprint density at radius 1 is 1.39 bits per heavy atom. The standard InChI is InChI=1S/C15H22N2O/c1-12(13-7-3-2-4-8-13)11-17-15(18)14-9-5-6-10-16-14/h2-4,7-8,12,14,16H,5-6,9-11H2,1H3,(H,17,18). The first-order valence-electron chi connectivity index (χ1n) is 6.83. The van der Waals surface area contributed by atoms with Crippen LogP contribution in [0.1, 0.15) is 37.7 Å². The first kappa shape index (κ1) is 13.1. The molecule has 1 amide bonds. The molecular weight excluding hydrogens is 224 g/mol. The van der Waals surface area contributed by atoms with Crippen molar-refractivity contribution in [3.8, 4) is 0 Å². The van der Waals surface area contributed by atoms with Gasteiger partial charge in [-0.2, -0.15) is 0 Å². The molecule has 1 aliphatic rings. The van der Waals surface area contributed by atoms with E-state index in [-0.39, 0.29) is 11.9 Å². The summed E-state index contributed by atoms with van der Waals surface area (Å²) in [5.74, 6) is 0.510.